The van der Waals surface area contributed by atoms with Gasteiger partial charge in [0.1, 0.15) is 6.42 Å². The van der Waals surface area contributed by atoms with E-state index in [1.54, 1.807) is 4.90 Å². The molecule has 5 heteroatoms. The van der Waals surface area contributed by atoms with Crippen LogP contribution in [-0.2, 0) is 4.79 Å². The molecule has 1 rings (SSSR count). The zero-order valence-corrected chi connectivity index (χ0v) is 8.28. The van der Waals surface area contributed by atoms with Crippen LogP contribution < -0.4 is 5.73 Å². The molecule has 0 aromatic rings. The molecule has 0 bridgehead atoms. The highest BCUT2D eigenvalue weighted by atomic mass is 16.2. The van der Waals surface area contributed by atoms with Crippen LogP contribution in [0.3, 0.4) is 0 Å². The standard InChI is InChI=1S/C9H16N4O/c10-2-1-9(14)13-7-5-12(4-3-11)6-8-13/h1,3-8,11H2. The largest absolute Gasteiger partial charge is 0.339 e. The number of rotatable bonds is 3. The molecule has 0 unspecified atom stereocenters. The molecule has 0 saturated carbocycles. The molecule has 5 nitrogen and oxygen atoms in total. The Hall–Kier alpha value is -1.12. The minimum atomic E-state index is -0.0556. The summed E-state index contributed by atoms with van der Waals surface area (Å²) >= 11 is 0. The number of nitrogens with two attached hydrogens (primary N) is 1. The van der Waals surface area contributed by atoms with Gasteiger partial charge in [0.05, 0.1) is 6.07 Å². The number of nitrogens with zero attached hydrogens (tertiary/aromatic N) is 3. The fourth-order valence-corrected chi connectivity index (χ4v) is 1.58. The summed E-state index contributed by atoms with van der Waals surface area (Å²) in [6.45, 7) is 4.73. The van der Waals surface area contributed by atoms with E-state index >= 15 is 0 Å². The number of amides is 1. The molecule has 0 radical (unpaired) electrons. The Morgan fingerprint density at radius 1 is 1.36 bits per heavy atom. The number of hydrogen-bond acceptors (Lipinski definition) is 4. The highest BCUT2D eigenvalue weighted by molar-refractivity contribution is 5.78. The van der Waals surface area contributed by atoms with Gasteiger partial charge in [0.15, 0.2) is 0 Å². The third-order valence-electron chi connectivity index (χ3n) is 2.40. The molecule has 2 N–H and O–H groups in total. The fourth-order valence-electron chi connectivity index (χ4n) is 1.58. The summed E-state index contributed by atoms with van der Waals surface area (Å²) in [5.74, 6) is -0.0556. The lowest BCUT2D eigenvalue weighted by Crippen LogP contribution is -2.49. The number of carbonyl (C=O) groups excluding carboxylic acids is 1. The number of piperazine rings is 1. The van der Waals surface area contributed by atoms with Crippen LogP contribution in [0.5, 0.6) is 0 Å². The van der Waals surface area contributed by atoms with E-state index in [2.05, 4.69) is 4.90 Å². The molecule has 0 aromatic carbocycles. The summed E-state index contributed by atoms with van der Waals surface area (Å²) in [6, 6.07) is 1.88. The second-order valence-electron chi connectivity index (χ2n) is 3.35. The Morgan fingerprint density at radius 2 is 2.00 bits per heavy atom. The van der Waals surface area contributed by atoms with Gasteiger partial charge in [-0.15, -0.1) is 0 Å². The van der Waals surface area contributed by atoms with E-state index in [1.165, 1.54) is 0 Å². The number of carbonyl (C=O) groups is 1. The molecular weight excluding hydrogens is 180 g/mol. The lowest BCUT2D eigenvalue weighted by molar-refractivity contribution is -0.131. The van der Waals surface area contributed by atoms with Gasteiger partial charge in [-0.25, -0.2) is 0 Å². The highest BCUT2D eigenvalue weighted by Gasteiger charge is 2.19. The molecule has 1 aliphatic heterocycles. The topological polar surface area (TPSA) is 73.4 Å². The van der Waals surface area contributed by atoms with Crippen molar-refractivity contribution in [2.45, 2.75) is 6.42 Å². The maximum atomic E-state index is 11.3. The molecule has 1 heterocycles. The zero-order chi connectivity index (χ0) is 10.4. The van der Waals surface area contributed by atoms with Crippen LogP contribution in [0.25, 0.3) is 0 Å². The van der Waals surface area contributed by atoms with Crippen molar-refractivity contribution in [3.8, 4) is 6.07 Å². The van der Waals surface area contributed by atoms with Crippen molar-refractivity contribution in [3.63, 3.8) is 0 Å². The van der Waals surface area contributed by atoms with Gasteiger partial charge in [-0.2, -0.15) is 5.26 Å². The molecular formula is C9H16N4O. The molecule has 0 atom stereocenters. The average Bonchev–Trinajstić information content (AvgIpc) is 2.20. The molecule has 78 valence electrons. The maximum absolute atomic E-state index is 11.3. The van der Waals surface area contributed by atoms with E-state index in [4.69, 9.17) is 11.0 Å². The third kappa shape index (κ3) is 2.98. The van der Waals surface area contributed by atoms with E-state index in [1.807, 2.05) is 6.07 Å². The van der Waals surface area contributed by atoms with E-state index in [0.717, 1.165) is 32.7 Å². The molecule has 1 aliphatic rings. The van der Waals surface area contributed by atoms with Gasteiger partial charge in [-0.1, -0.05) is 0 Å². The van der Waals surface area contributed by atoms with Crippen LogP contribution in [0.15, 0.2) is 0 Å². The normalized spacial score (nSPS) is 17.9. The summed E-state index contributed by atoms with van der Waals surface area (Å²) in [5.41, 5.74) is 5.44. The van der Waals surface area contributed by atoms with Gasteiger partial charge in [0.25, 0.3) is 0 Å². The van der Waals surface area contributed by atoms with Crippen LogP contribution in [0.2, 0.25) is 0 Å². The third-order valence-corrected chi connectivity index (χ3v) is 2.40. The summed E-state index contributed by atoms with van der Waals surface area (Å²) in [5, 5.41) is 8.38. The summed E-state index contributed by atoms with van der Waals surface area (Å²) < 4.78 is 0. The predicted octanol–water partition coefficient (Wildman–Crippen LogP) is -0.997. The van der Waals surface area contributed by atoms with Crippen molar-refractivity contribution in [2.24, 2.45) is 5.73 Å². The van der Waals surface area contributed by atoms with Crippen molar-refractivity contribution in [2.75, 3.05) is 39.3 Å². The van der Waals surface area contributed by atoms with Gasteiger partial charge in [0, 0.05) is 39.3 Å². The van der Waals surface area contributed by atoms with Crippen molar-refractivity contribution in [1.82, 2.24) is 9.80 Å². The van der Waals surface area contributed by atoms with Crippen molar-refractivity contribution in [1.29, 1.82) is 5.26 Å². The zero-order valence-electron chi connectivity index (χ0n) is 8.28. The highest BCUT2D eigenvalue weighted by Crippen LogP contribution is 2.02. The van der Waals surface area contributed by atoms with E-state index in [-0.39, 0.29) is 12.3 Å². The van der Waals surface area contributed by atoms with Crippen molar-refractivity contribution >= 4 is 5.91 Å². The molecule has 0 spiro atoms. The quantitative estimate of drug-likeness (QED) is 0.628. The fraction of sp³-hybridized carbons (Fsp3) is 0.778. The molecule has 14 heavy (non-hydrogen) atoms. The van der Waals surface area contributed by atoms with E-state index in [9.17, 15) is 4.79 Å². The van der Waals surface area contributed by atoms with E-state index < -0.39 is 0 Å². The monoisotopic (exact) mass is 196 g/mol. The van der Waals surface area contributed by atoms with Crippen LogP contribution in [0.1, 0.15) is 6.42 Å². The molecule has 1 fully saturated rings. The van der Waals surface area contributed by atoms with Gasteiger partial charge in [0.2, 0.25) is 5.91 Å². The van der Waals surface area contributed by atoms with Crippen LogP contribution in [0.4, 0.5) is 0 Å². The lowest BCUT2D eigenvalue weighted by atomic mass is 10.3. The second kappa shape index (κ2) is 5.58. The van der Waals surface area contributed by atoms with Crippen LogP contribution >= 0.6 is 0 Å². The van der Waals surface area contributed by atoms with Gasteiger partial charge in [-0.05, 0) is 0 Å². The van der Waals surface area contributed by atoms with Crippen molar-refractivity contribution in [3.05, 3.63) is 0 Å². The smallest absolute Gasteiger partial charge is 0.236 e. The Morgan fingerprint density at radius 3 is 2.50 bits per heavy atom. The lowest BCUT2D eigenvalue weighted by Gasteiger charge is -2.34. The van der Waals surface area contributed by atoms with Gasteiger partial charge < -0.3 is 10.6 Å². The first kappa shape index (κ1) is 11.0. The van der Waals surface area contributed by atoms with Gasteiger partial charge >= 0.3 is 0 Å². The summed E-state index contributed by atoms with van der Waals surface area (Å²) in [7, 11) is 0. The minimum Gasteiger partial charge on any atom is -0.339 e. The molecule has 1 amide bonds. The van der Waals surface area contributed by atoms with Crippen molar-refractivity contribution < 1.29 is 4.79 Å². The van der Waals surface area contributed by atoms with Crippen LogP contribution in [-0.4, -0.2) is 55.0 Å². The second-order valence-corrected chi connectivity index (χ2v) is 3.35. The Labute approximate surface area is 84.1 Å². The average molecular weight is 196 g/mol. The summed E-state index contributed by atoms with van der Waals surface area (Å²) in [4.78, 5) is 15.3. The number of nitriles is 1. The minimum absolute atomic E-state index is 0.00309. The predicted molar refractivity (Wildman–Crippen MR) is 52.3 cm³/mol. The first-order valence-corrected chi connectivity index (χ1v) is 4.85. The SMILES string of the molecule is N#CCC(=O)N1CCN(CCN)CC1. The van der Waals surface area contributed by atoms with Crippen LogP contribution in [0, 0.1) is 11.3 Å². The summed E-state index contributed by atoms with van der Waals surface area (Å²) in [6.07, 6.45) is -0.00309. The first-order valence-electron chi connectivity index (χ1n) is 4.85. The Bertz CT molecular complexity index is 227. The molecule has 0 aromatic heterocycles. The van der Waals surface area contributed by atoms with Gasteiger partial charge in [-0.3, -0.25) is 9.69 Å². The maximum Gasteiger partial charge on any atom is 0.236 e. The molecule has 1 saturated heterocycles. The molecule has 0 aliphatic carbocycles. The Balaban J connectivity index is 2.29. The number of hydrogen-bond donors (Lipinski definition) is 1. The van der Waals surface area contributed by atoms with E-state index in [0.29, 0.717) is 6.54 Å². The Kier molecular flexibility index (Phi) is 4.36. The first-order chi connectivity index (χ1) is 6.77.